The first-order valence-corrected chi connectivity index (χ1v) is 10.7. The van der Waals surface area contributed by atoms with Gasteiger partial charge in [0.15, 0.2) is 11.5 Å². The number of aromatic nitrogens is 1. The molecule has 6 heteroatoms. The van der Waals surface area contributed by atoms with Crippen LogP contribution in [0.3, 0.4) is 0 Å². The fourth-order valence-corrected chi connectivity index (χ4v) is 4.17. The second-order valence-electron chi connectivity index (χ2n) is 7.83. The van der Waals surface area contributed by atoms with Crippen LogP contribution in [0.2, 0.25) is 0 Å². The number of carbonyl (C=O) groups is 2. The van der Waals surface area contributed by atoms with Gasteiger partial charge >= 0.3 is 0 Å². The van der Waals surface area contributed by atoms with Gasteiger partial charge in [-0.3, -0.25) is 14.2 Å². The van der Waals surface area contributed by atoms with Gasteiger partial charge in [0.05, 0.1) is 16.8 Å². The van der Waals surface area contributed by atoms with Crippen LogP contribution < -0.4 is 5.23 Å². The highest BCUT2D eigenvalue weighted by molar-refractivity contribution is 6.23. The van der Waals surface area contributed by atoms with Crippen LogP contribution >= 0.6 is 0 Å². The Morgan fingerprint density at radius 3 is 1.88 bits per heavy atom. The first-order valence-electron chi connectivity index (χ1n) is 10.7. The molecule has 166 valence electrons. The second-order valence-corrected chi connectivity index (χ2v) is 7.83. The minimum atomic E-state index is -1.11. The van der Waals surface area contributed by atoms with Gasteiger partial charge in [-0.1, -0.05) is 78.9 Å². The summed E-state index contributed by atoms with van der Waals surface area (Å²) in [6, 6.07) is 31.3. The zero-order valence-corrected chi connectivity index (χ0v) is 18.0. The van der Waals surface area contributed by atoms with Crippen LogP contribution in [0.5, 0.6) is 0 Å². The van der Waals surface area contributed by atoms with Gasteiger partial charge in [-0.05, 0) is 23.8 Å². The lowest BCUT2D eigenvalue weighted by Gasteiger charge is -2.13. The summed E-state index contributed by atoms with van der Waals surface area (Å²) >= 11 is 0. The minimum Gasteiger partial charge on any atom is -0.595 e. The molecule has 0 aliphatic rings. The summed E-state index contributed by atoms with van der Waals surface area (Å²) in [6.07, 6.45) is 0. The third kappa shape index (κ3) is 3.72. The summed E-state index contributed by atoms with van der Waals surface area (Å²) in [6.45, 7) is 0. The normalized spacial score (nSPS) is 11.9. The van der Waals surface area contributed by atoms with Crippen molar-refractivity contribution in [2.45, 2.75) is 0 Å². The van der Waals surface area contributed by atoms with E-state index >= 15 is 0 Å². The van der Waals surface area contributed by atoms with E-state index in [-0.39, 0.29) is 17.4 Å². The molecule has 1 atom stereocenters. The maximum absolute atomic E-state index is 13.8. The Bertz CT molecular complexity index is 1490. The van der Waals surface area contributed by atoms with Crippen molar-refractivity contribution in [3.63, 3.8) is 0 Å². The number of rotatable bonds is 5. The Kier molecular flexibility index (Phi) is 5.61. The molecule has 0 bridgehead atoms. The van der Waals surface area contributed by atoms with E-state index in [1.54, 1.807) is 54.6 Å². The largest absolute Gasteiger partial charge is 0.595 e. The summed E-state index contributed by atoms with van der Waals surface area (Å²) in [4.78, 5) is 27.6. The van der Waals surface area contributed by atoms with E-state index in [2.05, 4.69) is 0 Å². The van der Waals surface area contributed by atoms with Gasteiger partial charge in [0, 0.05) is 28.6 Å². The average molecular weight is 448 g/mol. The van der Waals surface area contributed by atoms with Crippen molar-refractivity contribution in [2.24, 2.45) is 0 Å². The van der Waals surface area contributed by atoms with Crippen LogP contribution in [-0.4, -0.2) is 21.5 Å². The number of carbonyl (C=O) groups excluding carboxylic acids is 2. The SMILES string of the molecule is O=C(c1ccccc1)c1c(-c2ccccc2)n(C(=O)c2ccccc2)c2cc([NH+]([O-])O)ccc12. The average Bonchev–Trinajstić information content (AvgIpc) is 3.23. The number of hydrogen-bond acceptors (Lipinski definition) is 4. The monoisotopic (exact) mass is 448 g/mol. The predicted octanol–water partition coefficient (Wildman–Crippen LogP) is 4.63. The van der Waals surface area contributed by atoms with Crippen LogP contribution in [0.15, 0.2) is 109 Å². The molecule has 0 fully saturated rings. The molecule has 1 heterocycles. The fourth-order valence-electron chi connectivity index (χ4n) is 4.17. The van der Waals surface area contributed by atoms with E-state index in [9.17, 15) is 20.0 Å². The molecule has 0 saturated carbocycles. The Labute approximate surface area is 195 Å². The Hall–Kier alpha value is -4.36. The van der Waals surface area contributed by atoms with Gasteiger partial charge in [-0.15, -0.1) is 0 Å². The molecule has 4 aromatic carbocycles. The van der Waals surface area contributed by atoms with E-state index in [1.165, 1.54) is 16.7 Å². The first-order chi connectivity index (χ1) is 16.6. The molecule has 1 aromatic heterocycles. The topological polar surface area (TPSA) is 86.8 Å². The maximum atomic E-state index is 13.8. The van der Waals surface area contributed by atoms with Gasteiger partial charge in [0.2, 0.25) is 0 Å². The fraction of sp³-hybridized carbons (Fsp3) is 0. The van der Waals surface area contributed by atoms with Crippen molar-refractivity contribution in [3.8, 4) is 11.3 Å². The molecular weight excluding hydrogens is 428 g/mol. The van der Waals surface area contributed by atoms with Crippen molar-refractivity contribution in [3.05, 3.63) is 131 Å². The molecule has 5 rings (SSSR count). The van der Waals surface area contributed by atoms with E-state index < -0.39 is 5.23 Å². The van der Waals surface area contributed by atoms with Gasteiger partial charge in [-0.25, -0.2) is 5.21 Å². The van der Waals surface area contributed by atoms with E-state index in [4.69, 9.17) is 0 Å². The van der Waals surface area contributed by atoms with Crippen molar-refractivity contribution in [1.82, 2.24) is 4.57 Å². The molecule has 0 amide bonds. The highest BCUT2D eigenvalue weighted by Crippen LogP contribution is 2.37. The third-order valence-corrected chi connectivity index (χ3v) is 5.75. The molecule has 6 nitrogen and oxygen atoms in total. The van der Waals surface area contributed by atoms with E-state index in [1.807, 2.05) is 42.5 Å². The summed E-state index contributed by atoms with van der Waals surface area (Å²) in [5.41, 5.74) is 2.77. The smallest absolute Gasteiger partial charge is 0.262 e. The van der Waals surface area contributed by atoms with Crippen molar-refractivity contribution >= 4 is 28.3 Å². The molecule has 2 N–H and O–H groups in total. The minimum absolute atomic E-state index is 0.0328. The highest BCUT2D eigenvalue weighted by atomic mass is 16.8. The summed E-state index contributed by atoms with van der Waals surface area (Å²) < 4.78 is 1.46. The highest BCUT2D eigenvalue weighted by Gasteiger charge is 2.28. The quantitative estimate of drug-likeness (QED) is 0.303. The lowest BCUT2D eigenvalue weighted by molar-refractivity contribution is -0.991. The predicted molar refractivity (Wildman–Crippen MR) is 129 cm³/mol. The molecule has 1 unspecified atom stereocenters. The number of ketones is 1. The Morgan fingerprint density at radius 2 is 1.29 bits per heavy atom. The van der Waals surface area contributed by atoms with Crippen LogP contribution in [0.25, 0.3) is 22.2 Å². The van der Waals surface area contributed by atoms with Crippen LogP contribution in [0, 0.1) is 5.21 Å². The summed E-state index contributed by atoms with van der Waals surface area (Å²) in [5, 5.41) is 20.8. The van der Waals surface area contributed by atoms with Gasteiger partial charge in [-0.2, -0.15) is 5.23 Å². The summed E-state index contributed by atoms with van der Waals surface area (Å²) in [7, 11) is 0. The van der Waals surface area contributed by atoms with Crippen molar-refractivity contribution in [2.75, 3.05) is 0 Å². The summed E-state index contributed by atoms with van der Waals surface area (Å²) in [5.74, 6) is -0.591. The second kappa shape index (κ2) is 8.88. The number of nitrogens with zero attached hydrogens (tertiary/aromatic N) is 1. The molecule has 0 aliphatic carbocycles. The van der Waals surface area contributed by atoms with Crippen LogP contribution in [-0.2, 0) is 0 Å². The van der Waals surface area contributed by atoms with Gasteiger partial charge in [0.25, 0.3) is 5.91 Å². The van der Waals surface area contributed by atoms with Crippen LogP contribution in [0.1, 0.15) is 26.3 Å². The Morgan fingerprint density at radius 1 is 0.735 bits per heavy atom. The van der Waals surface area contributed by atoms with Crippen LogP contribution in [0.4, 0.5) is 5.69 Å². The molecule has 0 spiro atoms. The zero-order valence-electron chi connectivity index (χ0n) is 18.0. The molecular formula is C28H20N2O4. The number of quaternary nitrogens is 1. The number of hydrogen-bond donors (Lipinski definition) is 2. The number of nitrogens with one attached hydrogen (secondary N) is 1. The van der Waals surface area contributed by atoms with Crippen molar-refractivity contribution in [1.29, 1.82) is 0 Å². The number of fused-ring (bicyclic) bond motifs is 1. The molecule has 0 aliphatic heterocycles. The van der Waals surface area contributed by atoms with E-state index in [0.717, 1.165) is 0 Å². The molecule has 34 heavy (non-hydrogen) atoms. The van der Waals surface area contributed by atoms with Gasteiger partial charge in [0.1, 0.15) is 0 Å². The zero-order chi connectivity index (χ0) is 23.7. The first kappa shape index (κ1) is 21.5. The van der Waals surface area contributed by atoms with E-state index in [0.29, 0.717) is 38.9 Å². The molecule has 0 radical (unpaired) electrons. The maximum Gasteiger partial charge on any atom is 0.262 e. The molecule has 5 aromatic rings. The standard InChI is InChI=1S/C28H20N2O4/c31-27(20-12-6-2-7-13-20)25-23-17-16-22(30(33)34)18-24(23)29(26(25)19-10-4-1-5-11-19)28(32)21-14-8-3-9-15-21/h1-18,30,33H. The lowest BCUT2D eigenvalue weighted by atomic mass is 9.97. The lowest BCUT2D eigenvalue weighted by Crippen LogP contribution is -2.99. The number of benzene rings is 4. The molecule has 0 saturated heterocycles. The Balaban J connectivity index is 1.90. The van der Waals surface area contributed by atoms with Crippen molar-refractivity contribution < 1.29 is 20.0 Å². The third-order valence-electron chi connectivity index (χ3n) is 5.75. The van der Waals surface area contributed by atoms with Gasteiger partial charge < -0.3 is 5.21 Å².